The van der Waals surface area contributed by atoms with Crippen LogP contribution in [-0.2, 0) is 0 Å². The molecule has 0 unspecified atom stereocenters. The first kappa shape index (κ1) is 19.6. The van der Waals surface area contributed by atoms with Gasteiger partial charge in [0.05, 0.1) is 25.3 Å². The Bertz CT molecular complexity index is 897. The summed E-state index contributed by atoms with van der Waals surface area (Å²) in [6, 6.07) is 9.79. The highest BCUT2D eigenvalue weighted by Gasteiger charge is 2.13. The van der Waals surface area contributed by atoms with E-state index in [9.17, 15) is 0 Å². The van der Waals surface area contributed by atoms with Gasteiger partial charge in [0.15, 0.2) is 5.65 Å². The van der Waals surface area contributed by atoms with Crippen molar-refractivity contribution in [1.82, 2.24) is 14.6 Å². The Labute approximate surface area is 166 Å². The van der Waals surface area contributed by atoms with E-state index in [1.54, 1.807) is 4.90 Å². The van der Waals surface area contributed by atoms with Gasteiger partial charge in [-0.15, -0.1) is 0 Å². The largest absolute Gasteiger partial charge is 0.369 e. The van der Waals surface area contributed by atoms with Crippen molar-refractivity contribution < 1.29 is 4.90 Å². The highest BCUT2D eigenvalue weighted by molar-refractivity contribution is 6.30. The molecule has 3 aromatic rings. The lowest BCUT2D eigenvalue weighted by molar-refractivity contribution is -0.896. The summed E-state index contributed by atoms with van der Waals surface area (Å²) in [6.45, 7) is 13.1. The average molecular weight is 387 g/mol. The molecule has 0 aliphatic rings. The number of fused-ring (bicyclic) bond motifs is 1. The Morgan fingerprint density at radius 2 is 1.81 bits per heavy atom. The van der Waals surface area contributed by atoms with Crippen LogP contribution in [-0.4, -0.2) is 40.8 Å². The van der Waals surface area contributed by atoms with E-state index in [-0.39, 0.29) is 0 Å². The lowest BCUT2D eigenvalue weighted by Gasteiger charge is -2.16. The second-order valence-electron chi connectivity index (χ2n) is 6.96. The first-order chi connectivity index (χ1) is 13.0. The predicted octanol–water partition coefficient (Wildman–Crippen LogP) is 3.39. The van der Waals surface area contributed by atoms with Crippen LogP contribution in [0.15, 0.2) is 30.3 Å². The normalized spacial score (nSPS) is 11.5. The average Bonchev–Trinajstić information content (AvgIpc) is 3.08. The van der Waals surface area contributed by atoms with E-state index < -0.39 is 0 Å². The van der Waals surface area contributed by atoms with Crippen molar-refractivity contribution in [1.29, 1.82) is 0 Å². The number of hydrogen-bond donors (Lipinski definition) is 2. The van der Waals surface area contributed by atoms with E-state index in [0.29, 0.717) is 0 Å². The van der Waals surface area contributed by atoms with E-state index in [1.165, 1.54) is 19.6 Å². The Kier molecular flexibility index (Phi) is 6.34. The topological polar surface area (TPSA) is 46.7 Å². The van der Waals surface area contributed by atoms with Gasteiger partial charge < -0.3 is 10.2 Å². The van der Waals surface area contributed by atoms with Crippen LogP contribution in [0.4, 0.5) is 5.82 Å². The van der Waals surface area contributed by atoms with Crippen LogP contribution in [0.2, 0.25) is 5.02 Å². The summed E-state index contributed by atoms with van der Waals surface area (Å²) in [7, 11) is 0. The molecule has 0 atom stereocenters. The number of nitrogens with one attached hydrogen (secondary N) is 2. The number of aryl methyl sites for hydroxylation is 1. The van der Waals surface area contributed by atoms with Crippen molar-refractivity contribution in [3.05, 3.63) is 46.6 Å². The first-order valence-electron chi connectivity index (χ1n) is 9.73. The molecule has 5 nitrogen and oxygen atoms in total. The minimum absolute atomic E-state index is 0.727. The Hall–Kier alpha value is -2.11. The van der Waals surface area contributed by atoms with Gasteiger partial charge in [-0.2, -0.15) is 9.61 Å². The summed E-state index contributed by atoms with van der Waals surface area (Å²) in [5.74, 6) is 1.03. The highest BCUT2D eigenvalue weighted by Crippen LogP contribution is 2.25. The van der Waals surface area contributed by atoms with Gasteiger partial charge in [0.25, 0.3) is 0 Å². The molecule has 0 aliphatic carbocycles. The maximum absolute atomic E-state index is 6.01. The van der Waals surface area contributed by atoms with E-state index in [0.717, 1.165) is 52.0 Å². The Balaban J connectivity index is 1.85. The van der Waals surface area contributed by atoms with Crippen LogP contribution < -0.4 is 10.2 Å². The second-order valence-corrected chi connectivity index (χ2v) is 7.40. The number of anilines is 1. The molecule has 0 aliphatic heterocycles. The predicted molar refractivity (Wildman–Crippen MR) is 113 cm³/mol. The molecule has 2 aromatic heterocycles. The van der Waals surface area contributed by atoms with Gasteiger partial charge in [-0.25, -0.2) is 4.98 Å². The third-order valence-electron chi connectivity index (χ3n) is 5.22. The van der Waals surface area contributed by atoms with Crippen molar-refractivity contribution in [3.8, 4) is 11.3 Å². The molecular weight excluding hydrogens is 358 g/mol. The summed E-state index contributed by atoms with van der Waals surface area (Å²) >= 11 is 6.01. The summed E-state index contributed by atoms with van der Waals surface area (Å²) in [5, 5.41) is 9.13. The molecule has 0 spiro atoms. The van der Waals surface area contributed by atoms with Crippen molar-refractivity contribution >= 4 is 23.1 Å². The molecule has 1 aromatic carbocycles. The fourth-order valence-corrected chi connectivity index (χ4v) is 3.45. The summed E-state index contributed by atoms with van der Waals surface area (Å²) in [6.07, 6.45) is 1.13. The number of halogens is 1. The maximum Gasteiger partial charge on any atom is 0.158 e. The fourth-order valence-electron chi connectivity index (χ4n) is 3.32. The number of quaternary nitrogens is 1. The lowest BCUT2D eigenvalue weighted by Crippen LogP contribution is -3.11. The molecule has 27 heavy (non-hydrogen) atoms. The minimum Gasteiger partial charge on any atom is -0.369 e. The molecule has 6 heteroatoms. The Morgan fingerprint density at radius 1 is 1.11 bits per heavy atom. The number of hydrogen-bond acceptors (Lipinski definition) is 3. The third-order valence-corrected chi connectivity index (χ3v) is 5.47. The molecule has 144 valence electrons. The zero-order valence-electron chi connectivity index (χ0n) is 16.6. The quantitative estimate of drug-likeness (QED) is 0.583. The van der Waals surface area contributed by atoms with Gasteiger partial charge in [0.2, 0.25) is 0 Å². The summed E-state index contributed by atoms with van der Waals surface area (Å²) < 4.78 is 1.93. The lowest BCUT2D eigenvalue weighted by atomic mass is 10.1. The van der Waals surface area contributed by atoms with Gasteiger partial charge in [0, 0.05) is 40.9 Å². The molecule has 2 heterocycles. The van der Waals surface area contributed by atoms with Crippen LogP contribution in [0.3, 0.4) is 0 Å². The molecule has 0 saturated heterocycles. The standard InChI is InChI=1S/C21H28ClN5/c1-5-26(6-2)13-7-12-23-21-15(3)16(4)24-20-14-19(25-27(20)21)17-8-10-18(22)11-9-17/h8-11,14,23H,5-7,12-13H2,1-4H3/p+1. The number of nitrogens with zero attached hydrogens (tertiary/aromatic N) is 3. The van der Waals surface area contributed by atoms with Crippen LogP contribution in [0.1, 0.15) is 31.5 Å². The first-order valence-corrected chi connectivity index (χ1v) is 10.1. The van der Waals surface area contributed by atoms with Crippen molar-refractivity contribution in [3.63, 3.8) is 0 Å². The molecule has 3 rings (SSSR count). The smallest absolute Gasteiger partial charge is 0.158 e. The van der Waals surface area contributed by atoms with E-state index >= 15 is 0 Å². The van der Waals surface area contributed by atoms with Gasteiger partial charge >= 0.3 is 0 Å². The van der Waals surface area contributed by atoms with Crippen molar-refractivity contribution in [2.75, 3.05) is 31.5 Å². The van der Waals surface area contributed by atoms with Gasteiger partial charge in [-0.05, 0) is 39.8 Å². The molecule has 0 fully saturated rings. The summed E-state index contributed by atoms with van der Waals surface area (Å²) in [4.78, 5) is 6.35. The minimum atomic E-state index is 0.727. The number of rotatable bonds is 8. The highest BCUT2D eigenvalue weighted by atomic mass is 35.5. The molecular formula is C21H29ClN5+. The van der Waals surface area contributed by atoms with Gasteiger partial charge in [-0.3, -0.25) is 0 Å². The molecule has 0 amide bonds. The van der Waals surface area contributed by atoms with Gasteiger partial charge in [-0.1, -0.05) is 23.7 Å². The monoisotopic (exact) mass is 386 g/mol. The molecule has 2 N–H and O–H groups in total. The maximum atomic E-state index is 6.01. The summed E-state index contributed by atoms with van der Waals surface area (Å²) in [5.41, 5.74) is 4.97. The molecule has 0 bridgehead atoms. The van der Waals surface area contributed by atoms with Crippen LogP contribution in [0.25, 0.3) is 16.9 Å². The van der Waals surface area contributed by atoms with Gasteiger partial charge in [0.1, 0.15) is 5.82 Å². The van der Waals surface area contributed by atoms with Crippen molar-refractivity contribution in [2.45, 2.75) is 34.1 Å². The van der Waals surface area contributed by atoms with E-state index in [2.05, 4.69) is 33.0 Å². The van der Waals surface area contributed by atoms with Crippen LogP contribution in [0, 0.1) is 13.8 Å². The second kappa shape index (κ2) is 8.72. The van der Waals surface area contributed by atoms with E-state index in [4.69, 9.17) is 21.7 Å². The third kappa shape index (κ3) is 4.42. The Morgan fingerprint density at radius 3 is 2.48 bits per heavy atom. The SMILES string of the molecule is CC[NH+](CC)CCCNc1c(C)c(C)nc2cc(-c3ccc(Cl)cc3)nn12. The zero-order chi connectivity index (χ0) is 19.4. The van der Waals surface area contributed by atoms with Crippen LogP contribution >= 0.6 is 11.6 Å². The molecule has 0 radical (unpaired) electrons. The fraction of sp³-hybridized carbons (Fsp3) is 0.429. The molecule has 0 saturated carbocycles. The van der Waals surface area contributed by atoms with E-state index in [1.807, 2.05) is 34.8 Å². The van der Waals surface area contributed by atoms with Crippen LogP contribution in [0.5, 0.6) is 0 Å². The number of benzene rings is 1. The number of aromatic nitrogens is 3. The van der Waals surface area contributed by atoms with Crippen molar-refractivity contribution in [2.24, 2.45) is 0 Å². The zero-order valence-corrected chi connectivity index (χ0v) is 17.4.